The van der Waals surface area contributed by atoms with Crippen LogP contribution in [0.3, 0.4) is 0 Å². The number of methoxy groups -OCH3 is 1. The maximum Gasteiger partial charge on any atom is 0.416 e. The molecule has 0 aliphatic rings. The first kappa shape index (κ1) is 27.8. The molecule has 0 aliphatic heterocycles. The van der Waals surface area contributed by atoms with Crippen LogP contribution in [0.15, 0.2) is 36.4 Å². The lowest BCUT2D eigenvalue weighted by Gasteiger charge is -2.28. The standard InChI is InChI=1S/C22H17Cl2F3N2O6/c1-4-18(30)21(11-28,19(31)29(2)20(32)33-3)35-17-10-13(6-7-14(17)23)34-16-8-5-12(9-15(16)24)22(25,26)27/h5-10H,4H2,1-3H3. The van der Waals surface area contributed by atoms with Gasteiger partial charge in [0, 0.05) is 19.5 Å². The van der Waals surface area contributed by atoms with Crippen molar-refractivity contribution >= 4 is 41.0 Å². The smallest absolute Gasteiger partial charge is 0.416 e. The molecule has 0 heterocycles. The number of rotatable bonds is 7. The Bertz CT molecular complexity index is 1200. The average molecular weight is 533 g/mol. The zero-order chi connectivity index (χ0) is 26.6. The number of likely N-dealkylation sites (N-methyl/N-ethyl adjacent to an activating group) is 1. The third-order valence-electron chi connectivity index (χ3n) is 4.58. The number of hydrogen-bond donors (Lipinski definition) is 0. The van der Waals surface area contributed by atoms with E-state index in [9.17, 15) is 32.8 Å². The lowest BCUT2D eigenvalue weighted by Crippen LogP contribution is -2.57. The first-order valence-corrected chi connectivity index (χ1v) is 10.4. The second-order valence-electron chi connectivity index (χ2n) is 6.84. The van der Waals surface area contributed by atoms with Crippen molar-refractivity contribution < 1.29 is 41.8 Å². The summed E-state index contributed by atoms with van der Waals surface area (Å²) in [5, 5.41) is 9.26. The molecule has 186 valence electrons. The number of Topliss-reactive ketones (excluding diaryl/α,β-unsaturated/α-hetero) is 1. The molecule has 0 fully saturated rings. The summed E-state index contributed by atoms with van der Waals surface area (Å²) in [7, 11) is 1.98. The van der Waals surface area contributed by atoms with E-state index in [1.165, 1.54) is 25.1 Å². The largest absolute Gasteiger partial charge is 0.456 e. The van der Waals surface area contributed by atoms with Gasteiger partial charge in [-0.25, -0.2) is 9.69 Å². The number of hydrogen-bond acceptors (Lipinski definition) is 7. The Morgan fingerprint density at radius 2 is 1.71 bits per heavy atom. The van der Waals surface area contributed by atoms with Crippen molar-refractivity contribution in [2.45, 2.75) is 25.1 Å². The van der Waals surface area contributed by atoms with E-state index in [4.69, 9.17) is 32.7 Å². The highest BCUT2D eigenvalue weighted by Crippen LogP contribution is 2.39. The minimum Gasteiger partial charge on any atom is -0.456 e. The molecule has 35 heavy (non-hydrogen) atoms. The predicted octanol–water partition coefficient (Wildman–Crippen LogP) is 5.65. The number of nitrogens with zero attached hydrogens (tertiary/aromatic N) is 2. The van der Waals surface area contributed by atoms with Gasteiger partial charge in [0.2, 0.25) is 5.78 Å². The van der Waals surface area contributed by atoms with Gasteiger partial charge in [-0.05, 0) is 30.3 Å². The minimum atomic E-state index is -4.61. The van der Waals surface area contributed by atoms with Crippen LogP contribution in [0.25, 0.3) is 0 Å². The molecule has 0 aromatic heterocycles. The van der Waals surface area contributed by atoms with Crippen molar-refractivity contribution in [1.29, 1.82) is 5.26 Å². The van der Waals surface area contributed by atoms with Crippen LogP contribution in [-0.2, 0) is 20.5 Å². The molecule has 1 atom stereocenters. The summed E-state index contributed by atoms with van der Waals surface area (Å²) >= 11 is 12.0. The van der Waals surface area contributed by atoms with Crippen LogP contribution in [-0.4, -0.2) is 42.4 Å². The number of ether oxygens (including phenoxy) is 3. The number of carbonyl (C=O) groups is 3. The normalized spacial score (nSPS) is 12.7. The molecule has 0 saturated carbocycles. The monoisotopic (exact) mass is 532 g/mol. The quantitative estimate of drug-likeness (QED) is 0.424. The number of carbonyl (C=O) groups excluding carboxylic acids is 3. The summed E-state index contributed by atoms with van der Waals surface area (Å²) in [4.78, 5) is 37.8. The Kier molecular flexibility index (Phi) is 8.59. The zero-order valence-electron chi connectivity index (χ0n) is 18.4. The van der Waals surface area contributed by atoms with Gasteiger partial charge < -0.3 is 14.2 Å². The van der Waals surface area contributed by atoms with Crippen LogP contribution >= 0.6 is 23.2 Å². The molecule has 2 rings (SSSR count). The molecule has 0 N–H and O–H groups in total. The Labute approximate surface area is 207 Å². The van der Waals surface area contributed by atoms with Gasteiger partial charge in [0.25, 0.3) is 5.91 Å². The van der Waals surface area contributed by atoms with Gasteiger partial charge in [-0.3, -0.25) is 9.59 Å². The van der Waals surface area contributed by atoms with E-state index in [-0.39, 0.29) is 33.7 Å². The average Bonchev–Trinajstić information content (AvgIpc) is 2.82. The van der Waals surface area contributed by atoms with Gasteiger partial charge in [0.15, 0.2) is 0 Å². The number of amides is 2. The SMILES string of the molecule is CCC(=O)C(C#N)(Oc1cc(Oc2ccc(C(F)(F)F)cc2Cl)ccc1Cl)C(=O)N(C)C(=O)OC. The second-order valence-corrected chi connectivity index (χ2v) is 7.66. The van der Waals surface area contributed by atoms with Crippen molar-refractivity contribution in [3.8, 4) is 23.3 Å². The zero-order valence-corrected chi connectivity index (χ0v) is 19.9. The van der Waals surface area contributed by atoms with Gasteiger partial charge in [-0.2, -0.15) is 18.4 Å². The minimum absolute atomic E-state index is 0.0596. The van der Waals surface area contributed by atoms with Gasteiger partial charge in [-0.1, -0.05) is 30.1 Å². The Balaban J connectivity index is 2.47. The van der Waals surface area contributed by atoms with Crippen LogP contribution in [0.5, 0.6) is 17.2 Å². The van der Waals surface area contributed by atoms with E-state index in [1.54, 1.807) is 0 Å². The summed E-state index contributed by atoms with van der Waals surface area (Å²) in [5.41, 5.74) is -3.79. The van der Waals surface area contributed by atoms with E-state index in [0.29, 0.717) is 11.0 Å². The summed E-state index contributed by atoms with van der Waals surface area (Å²) in [6.45, 7) is 1.37. The fourth-order valence-corrected chi connectivity index (χ4v) is 3.11. The Morgan fingerprint density at radius 1 is 1.06 bits per heavy atom. The van der Waals surface area contributed by atoms with Crippen molar-refractivity contribution in [1.82, 2.24) is 4.90 Å². The molecule has 2 aromatic rings. The second kappa shape index (κ2) is 10.8. The maximum absolute atomic E-state index is 12.9. The van der Waals surface area contributed by atoms with Gasteiger partial charge in [-0.15, -0.1) is 0 Å². The van der Waals surface area contributed by atoms with E-state index >= 15 is 0 Å². The highest BCUT2D eigenvalue weighted by atomic mass is 35.5. The molecule has 2 aromatic carbocycles. The molecule has 0 radical (unpaired) electrons. The first-order valence-electron chi connectivity index (χ1n) is 9.64. The summed E-state index contributed by atoms with van der Waals surface area (Å²) < 4.78 is 54.0. The number of benzene rings is 2. The summed E-state index contributed by atoms with van der Waals surface area (Å²) in [6.07, 6.45) is -6.08. The van der Waals surface area contributed by atoms with E-state index in [0.717, 1.165) is 32.4 Å². The highest BCUT2D eigenvalue weighted by molar-refractivity contribution is 6.32. The van der Waals surface area contributed by atoms with Crippen LogP contribution in [0.2, 0.25) is 10.0 Å². The predicted molar refractivity (Wildman–Crippen MR) is 117 cm³/mol. The van der Waals surface area contributed by atoms with Crippen molar-refractivity contribution in [2.75, 3.05) is 14.2 Å². The van der Waals surface area contributed by atoms with E-state index < -0.39 is 35.1 Å². The lowest BCUT2D eigenvalue weighted by atomic mass is 9.96. The number of halogens is 5. The third-order valence-corrected chi connectivity index (χ3v) is 5.19. The van der Waals surface area contributed by atoms with Crippen LogP contribution in [0, 0.1) is 11.3 Å². The van der Waals surface area contributed by atoms with E-state index in [2.05, 4.69) is 4.74 Å². The Hall–Kier alpha value is -3.49. The fraction of sp³-hybridized carbons (Fsp3) is 0.273. The molecular formula is C22H17Cl2F3N2O6. The molecule has 13 heteroatoms. The highest BCUT2D eigenvalue weighted by Gasteiger charge is 2.51. The molecule has 1 unspecified atom stereocenters. The van der Waals surface area contributed by atoms with Gasteiger partial charge in [0.1, 0.15) is 23.3 Å². The third kappa shape index (κ3) is 5.96. The molecule has 2 amide bonds. The van der Waals surface area contributed by atoms with Crippen molar-refractivity contribution in [2.24, 2.45) is 0 Å². The molecule has 8 nitrogen and oxygen atoms in total. The number of imide groups is 1. The van der Waals surface area contributed by atoms with Gasteiger partial charge in [0.05, 0.1) is 22.7 Å². The Morgan fingerprint density at radius 3 is 2.23 bits per heavy atom. The van der Waals surface area contributed by atoms with E-state index in [1.807, 2.05) is 0 Å². The van der Waals surface area contributed by atoms with Crippen LogP contribution in [0.4, 0.5) is 18.0 Å². The molecule has 0 bridgehead atoms. The lowest BCUT2D eigenvalue weighted by molar-refractivity contribution is -0.149. The molecule has 0 saturated heterocycles. The summed E-state index contributed by atoms with van der Waals surface area (Å²) in [5.74, 6) is -2.87. The molecule has 0 spiro atoms. The van der Waals surface area contributed by atoms with Gasteiger partial charge >= 0.3 is 17.9 Å². The number of nitriles is 1. The number of ketones is 1. The molecule has 0 aliphatic carbocycles. The van der Waals surface area contributed by atoms with Crippen LogP contribution < -0.4 is 9.47 Å². The topological polar surface area (TPSA) is 106 Å². The van der Waals surface area contributed by atoms with Crippen LogP contribution in [0.1, 0.15) is 18.9 Å². The molecular weight excluding hydrogens is 516 g/mol. The first-order chi connectivity index (χ1) is 16.3. The summed E-state index contributed by atoms with van der Waals surface area (Å²) in [6, 6.07) is 7.57. The maximum atomic E-state index is 12.9. The van der Waals surface area contributed by atoms with Crippen molar-refractivity contribution in [3.63, 3.8) is 0 Å². The fourth-order valence-electron chi connectivity index (χ4n) is 2.74. The van der Waals surface area contributed by atoms with Crippen molar-refractivity contribution in [3.05, 3.63) is 52.0 Å². The number of alkyl halides is 3.